The van der Waals surface area contributed by atoms with Crippen LogP contribution in [0.4, 0.5) is 5.82 Å². The van der Waals surface area contributed by atoms with Gasteiger partial charge in [-0.15, -0.1) is 0 Å². The van der Waals surface area contributed by atoms with Crippen molar-refractivity contribution < 1.29 is 0 Å². The number of aromatic nitrogens is 1. The molecule has 140 valence electrons. The van der Waals surface area contributed by atoms with Crippen LogP contribution in [0.15, 0.2) is 23.3 Å². The Labute approximate surface area is 156 Å². The predicted octanol–water partition coefficient (Wildman–Crippen LogP) is 2.21. The maximum absolute atomic E-state index is 6.27. The summed E-state index contributed by atoms with van der Waals surface area (Å²) in [6.45, 7) is 9.87. The van der Waals surface area contributed by atoms with Crippen LogP contribution in [-0.4, -0.2) is 67.7 Å². The zero-order valence-electron chi connectivity index (χ0n) is 16.0. The van der Waals surface area contributed by atoms with Crippen molar-refractivity contribution in [2.75, 3.05) is 45.2 Å². The third-order valence-corrected chi connectivity index (χ3v) is 5.04. The van der Waals surface area contributed by atoms with Crippen molar-refractivity contribution in [3.63, 3.8) is 0 Å². The van der Waals surface area contributed by atoms with Gasteiger partial charge in [-0.3, -0.25) is 4.99 Å². The molecule has 1 aliphatic heterocycles. The van der Waals surface area contributed by atoms with Gasteiger partial charge in [0, 0.05) is 37.4 Å². The third-order valence-electron chi connectivity index (χ3n) is 4.75. The summed E-state index contributed by atoms with van der Waals surface area (Å²) in [6, 6.07) is 4.08. The molecule has 2 N–H and O–H groups in total. The minimum Gasteiger partial charge on any atom is -0.357 e. The van der Waals surface area contributed by atoms with Gasteiger partial charge in [-0.05, 0) is 53.4 Å². The number of likely N-dealkylation sites (N-methyl/N-ethyl adjacent to an activating group) is 1. The largest absolute Gasteiger partial charge is 0.357 e. The lowest BCUT2D eigenvalue weighted by atomic mass is 10.1. The van der Waals surface area contributed by atoms with Gasteiger partial charge in [-0.25, -0.2) is 4.98 Å². The Morgan fingerprint density at radius 2 is 2.24 bits per heavy atom. The standard InChI is InChI=1S/C18H31ClN6/c1-6-20-17(22-13-18(2,3)24(4)5)23-14-9-11-25(12-14)16-15(19)8-7-10-21-16/h7-8,10,14H,6,9,11-13H2,1-5H3,(H2,20,22,23). The zero-order chi connectivity index (χ0) is 18.4. The molecule has 0 bridgehead atoms. The number of halogens is 1. The number of guanidine groups is 1. The predicted molar refractivity (Wildman–Crippen MR) is 107 cm³/mol. The number of hydrogen-bond acceptors (Lipinski definition) is 4. The Kier molecular flexibility index (Phi) is 6.90. The van der Waals surface area contributed by atoms with Crippen LogP contribution in [-0.2, 0) is 0 Å². The Morgan fingerprint density at radius 1 is 1.48 bits per heavy atom. The van der Waals surface area contributed by atoms with Crippen LogP contribution < -0.4 is 15.5 Å². The normalized spacial score (nSPS) is 18.8. The number of hydrogen-bond donors (Lipinski definition) is 2. The van der Waals surface area contributed by atoms with E-state index in [4.69, 9.17) is 16.6 Å². The first-order valence-electron chi connectivity index (χ1n) is 8.91. The lowest BCUT2D eigenvalue weighted by molar-refractivity contribution is 0.204. The number of nitrogens with zero attached hydrogens (tertiary/aromatic N) is 4. The van der Waals surface area contributed by atoms with Gasteiger partial charge in [0.05, 0.1) is 11.6 Å². The number of pyridine rings is 1. The highest BCUT2D eigenvalue weighted by Crippen LogP contribution is 2.25. The van der Waals surface area contributed by atoms with Crippen LogP contribution in [0, 0.1) is 0 Å². The average Bonchev–Trinajstić information content (AvgIpc) is 3.01. The van der Waals surface area contributed by atoms with Crippen LogP contribution in [0.5, 0.6) is 0 Å². The number of anilines is 1. The van der Waals surface area contributed by atoms with E-state index in [1.54, 1.807) is 6.20 Å². The van der Waals surface area contributed by atoms with Crippen molar-refractivity contribution in [3.05, 3.63) is 23.4 Å². The second kappa shape index (κ2) is 8.72. The van der Waals surface area contributed by atoms with Gasteiger partial charge < -0.3 is 20.4 Å². The summed E-state index contributed by atoms with van der Waals surface area (Å²) >= 11 is 6.27. The van der Waals surface area contributed by atoms with E-state index in [2.05, 4.69) is 60.3 Å². The lowest BCUT2D eigenvalue weighted by Gasteiger charge is -2.31. The van der Waals surface area contributed by atoms with E-state index in [-0.39, 0.29) is 5.54 Å². The highest BCUT2D eigenvalue weighted by Gasteiger charge is 2.26. The molecule has 1 unspecified atom stereocenters. The summed E-state index contributed by atoms with van der Waals surface area (Å²) in [5.41, 5.74) is 0.0194. The Hall–Kier alpha value is -1.53. The molecule has 25 heavy (non-hydrogen) atoms. The molecule has 1 aliphatic rings. The molecule has 0 amide bonds. The van der Waals surface area contributed by atoms with Crippen molar-refractivity contribution in [2.24, 2.45) is 4.99 Å². The molecule has 1 atom stereocenters. The van der Waals surface area contributed by atoms with E-state index in [1.807, 2.05) is 12.1 Å². The fraction of sp³-hybridized carbons (Fsp3) is 0.667. The fourth-order valence-electron chi connectivity index (χ4n) is 2.61. The van der Waals surface area contributed by atoms with E-state index >= 15 is 0 Å². The first-order chi connectivity index (χ1) is 11.8. The Balaban J connectivity index is 1.98. The number of nitrogens with one attached hydrogen (secondary N) is 2. The highest BCUT2D eigenvalue weighted by atomic mass is 35.5. The smallest absolute Gasteiger partial charge is 0.191 e. The first kappa shape index (κ1) is 19.8. The van der Waals surface area contributed by atoms with Crippen LogP contribution in [0.2, 0.25) is 5.02 Å². The zero-order valence-corrected chi connectivity index (χ0v) is 16.8. The van der Waals surface area contributed by atoms with Crippen LogP contribution >= 0.6 is 11.6 Å². The second-order valence-corrected chi connectivity index (χ2v) is 7.69. The molecule has 2 rings (SSSR count). The molecular weight excluding hydrogens is 336 g/mol. The Bertz CT molecular complexity index is 587. The van der Waals surface area contributed by atoms with Gasteiger partial charge in [0.25, 0.3) is 0 Å². The molecule has 0 aromatic carbocycles. The summed E-state index contributed by atoms with van der Waals surface area (Å²) in [6.07, 6.45) is 2.82. The summed E-state index contributed by atoms with van der Waals surface area (Å²) in [5, 5.41) is 7.61. The topological polar surface area (TPSA) is 55.8 Å². The minimum atomic E-state index is 0.0194. The molecule has 0 spiro atoms. The van der Waals surface area contributed by atoms with Crippen molar-refractivity contribution in [2.45, 2.75) is 38.8 Å². The second-order valence-electron chi connectivity index (χ2n) is 7.29. The van der Waals surface area contributed by atoms with Crippen molar-refractivity contribution in [1.29, 1.82) is 0 Å². The van der Waals surface area contributed by atoms with Gasteiger partial charge in [0.1, 0.15) is 5.82 Å². The maximum Gasteiger partial charge on any atom is 0.191 e. The average molecular weight is 367 g/mol. The number of aliphatic imine (C=N–C) groups is 1. The molecule has 0 radical (unpaired) electrons. The summed E-state index contributed by atoms with van der Waals surface area (Å²) in [5.74, 6) is 1.74. The van der Waals surface area contributed by atoms with E-state index in [1.165, 1.54) is 0 Å². The van der Waals surface area contributed by atoms with Crippen molar-refractivity contribution in [1.82, 2.24) is 20.5 Å². The fourth-order valence-corrected chi connectivity index (χ4v) is 2.85. The molecule has 0 aliphatic carbocycles. The summed E-state index contributed by atoms with van der Waals surface area (Å²) in [7, 11) is 4.17. The number of rotatable bonds is 6. The molecule has 1 aromatic rings. The molecule has 0 saturated carbocycles. The van der Waals surface area contributed by atoms with E-state index < -0.39 is 0 Å². The van der Waals surface area contributed by atoms with E-state index in [0.29, 0.717) is 11.1 Å². The van der Waals surface area contributed by atoms with Gasteiger partial charge in [0.15, 0.2) is 5.96 Å². The highest BCUT2D eigenvalue weighted by molar-refractivity contribution is 6.32. The molecule has 2 heterocycles. The van der Waals surface area contributed by atoms with Gasteiger partial charge >= 0.3 is 0 Å². The third kappa shape index (κ3) is 5.47. The molecular formula is C18H31ClN6. The lowest BCUT2D eigenvalue weighted by Crippen LogP contribution is -2.47. The molecule has 7 heteroatoms. The summed E-state index contributed by atoms with van der Waals surface area (Å²) < 4.78 is 0. The van der Waals surface area contributed by atoms with Crippen LogP contribution in [0.25, 0.3) is 0 Å². The van der Waals surface area contributed by atoms with Crippen molar-refractivity contribution >= 4 is 23.4 Å². The first-order valence-corrected chi connectivity index (χ1v) is 9.29. The monoisotopic (exact) mass is 366 g/mol. The molecule has 1 aromatic heterocycles. The van der Waals surface area contributed by atoms with Crippen LogP contribution in [0.1, 0.15) is 27.2 Å². The summed E-state index contributed by atoms with van der Waals surface area (Å²) in [4.78, 5) is 13.6. The van der Waals surface area contributed by atoms with Crippen molar-refractivity contribution in [3.8, 4) is 0 Å². The maximum atomic E-state index is 6.27. The van der Waals surface area contributed by atoms with E-state index in [0.717, 1.165) is 44.4 Å². The SMILES string of the molecule is CCNC(=NCC(C)(C)N(C)C)NC1CCN(c2ncccc2Cl)C1. The van der Waals surface area contributed by atoms with Gasteiger partial charge in [-0.2, -0.15) is 0 Å². The quantitative estimate of drug-likeness (QED) is 0.597. The molecule has 1 fully saturated rings. The van der Waals surface area contributed by atoms with Gasteiger partial charge in [0.2, 0.25) is 0 Å². The van der Waals surface area contributed by atoms with Gasteiger partial charge in [-0.1, -0.05) is 11.6 Å². The Morgan fingerprint density at radius 3 is 2.88 bits per heavy atom. The minimum absolute atomic E-state index is 0.0194. The molecule has 6 nitrogen and oxygen atoms in total. The van der Waals surface area contributed by atoms with Crippen LogP contribution in [0.3, 0.4) is 0 Å². The van der Waals surface area contributed by atoms with E-state index in [9.17, 15) is 0 Å². The molecule has 1 saturated heterocycles.